The van der Waals surface area contributed by atoms with Gasteiger partial charge in [-0.25, -0.2) is 4.98 Å². The number of aromatic amines is 1. The number of nitrogens with one attached hydrogen (secondary N) is 1. The molecule has 3 rings (SSSR count). The lowest BCUT2D eigenvalue weighted by molar-refractivity contribution is -0.0221. The number of hydrogen-bond donors (Lipinski definition) is 4. The molecule has 7 nitrogen and oxygen atoms in total. The Hall–Kier alpha value is -1.48. The molecule has 0 aromatic carbocycles. The Labute approximate surface area is 111 Å². The lowest BCUT2D eigenvalue weighted by Gasteiger charge is -2.11. The number of H-pyrrole nitrogens is 1. The summed E-state index contributed by atoms with van der Waals surface area (Å²) in [5.41, 5.74) is 6.49. The van der Waals surface area contributed by atoms with E-state index in [1.165, 1.54) is 11.3 Å². The smallest absolute Gasteiger partial charge is 0.270 e. The van der Waals surface area contributed by atoms with E-state index in [4.69, 9.17) is 15.6 Å². The average molecular weight is 283 g/mol. The van der Waals surface area contributed by atoms with Crippen LogP contribution in [-0.4, -0.2) is 39.0 Å². The Morgan fingerprint density at radius 2 is 2.42 bits per heavy atom. The number of aliphatic hydroxyl groups excluding tert-OH is 2. The maximum Gasteiger partial charge on any atom is 0.270 e. The molecule has 0 amide bonds. The highest BCUT2D eigenvalue weighted by atomic mass is 32.1. The van der Waals surface area contributed by atoms with Gasteiger partial charge in [0.05, 0.1) is 24.3 Å². The van der Waals surface area contributed by atoms with Gasteiger partial charge in [0.15, 0.2) is 0 Å². The fraction of sp³-hybridized carbons (Fsp3) is 0.455. The average Bonchev–Trinajstić information content (AvgIpc) is 2.92. The van der Waals surface area contributed by atoms with Gasteiger partial charge in [0.1, 0.15) is 10.8 Å². The standard InChI is InChI=1S/C11H13N3O4S/c12-11-13-8-4(3-19-9(8)10(17)14-11)6-1-5(16)7(2-15)18-6/h3,5-7,15-16H,1-2H2,(H3,12,13,14,17)/t5-,6+,7+/m0/s1. The Morgan fingerprint density at radius 1 is 1.63 bits per heavy atom. The summed E-state index contributed by atoms with van der Waals surface area (Å²) in [6.07, 6.45) is -1.33. The summed E-state index contributed by atoms with van der Waals surface area (Å²) >= 11 is 1.26. The van der Waals surface area contributed by atoms with Gasteiger partial charge in [-0.2, -0.15) is 0 Å². The molecular weight excluding hydrogens is 270 g/mol. The number of aliphatic hydroxyl groups is 2. The predicted molar refractivity (Wildman–Crippen MR) is 70.0 cm³/mol. The van der Waals surface area contributed by atoms with Crippen LogP contribution in [0.2, 0.25) is 0 Å². The molecule has 1 saturated heterocycles. The molecule has 5 N–H and O–H groups in total. The number of rotatable bonds is 2. The van der Waals surface area contributed by atoms with Gasteiger partial charge in [-0.05, 0) is 5.38 Å². The van der Waals surface area contributed by atoms with Crippen LogP contribution >= 0.6 is 11.3 Å². The molecular formula is C11H13N3O4S. The SMILES string of the molecule is Nc1nc2c([C@H]3C[C@H](O)[C@@H](CO)O3)csc2c(=O)[nH]1. The van der Waals surface area contributed by atoms with Gasteiger partial charge in [0, 0.05) is 12.0 Å². The lowest BCUT2D eigenvalue weighted by Crippen LogP contribution is -2.24. The normalized spacial score (nSPS) is 27.2. The molecule has 1 aliphatic heterocycles. The largest absolute Gasteiger partial charge is 0.394 e. The van der Waals surface area contributed by atoms with E-state index < -0.39 is 12.2 Å². The molecule has 1 aliphatic rings. The summed E-state index contributed by atoms with van der Waals surface area (Å²) in [5.74, 6) is 0.0504. The number of aromatic nitrogens is 2. The van der Waals surface area contributed by atoms with E-state index >= 15 is 0 Å². The van der Waals surface area contributed by atoms with E-state index in [1.807, 2.05) is 0 Å². The Kier molecular flexibility index (Phi) is 3.02. The number of nitrogen functional groups attached to an aromatic ring is 1. The van der Waals surface area contributed by atoms with E-state index in [2.05, 4.69) is 9.97 Å². The van der Waals surface area contributed by atoms with Gasteiger partial charge in [0.25, 0.3) is 5.56 Å². The molecule has 3 atom stereocenters. The van der Waals surface area contributed by atoms with E-state index in [0.29, 0.717) is 16.6 Å². The molecule has 0 radical (unpaired) electrons. The fourth-order valence-electron chi connectivity index (χ4n) is 2.28. The molecule has 102 valence electrons. The summed E-state index contributed by atoms with van der Waals surface area (Å²) in [6, 6.07) is 0. The zero-order valence-electron chi connectivity index (χ0n) is 9.87. The van der Waals surface area contributed by atoms with E-state index in [-0.39, 0.29) is 24.2 Å². The molecule has 2 aromatic heterocycles. The van der Waals surface area contributed by atoms with Crippen molar-refractivity contribution >= 4 is 27.5 Å². The monoisotopic (exact) mass is 283 g/mol. The molecule has 0 bridgehead atoms. The van der Waals surface area contributed by atoms with Crippen LogP contribution in [0.4, 0.5) is 5.95 Å². The second-order valence-corrected chi connectivity index (χ2v) is 5.35. The third kappa shape index (κ3) is 2.02. The summed E-state index contributed by atoms with van der Waals surface area (Å²) in [4.78, 5) is 18.3. The van der Waals surface area contributed by atoms with E-state index in [1.54, 1.807) is 5.38 Å². The summed E-state index contributed by atoms with van der Waals surface area (Å²) < 4.78 is 6.05. The maximum atomic E-state index is 11.7. The predicted octanol–water partition coefficient (Wildman–Crippen LogP) is -0.250. The van der Waals surface area contributed by atoms with Crippen molar-refractivity contribution in [2.45, 2.75) is 24.7 Å². The van der Waals surface area contributed by atoms with Gasteiger partial charge in [-0.3, -0.25) is 9.78 Å². The third-order valence-corrected chi connectivity index (χ3v) is 4.21. The number of hydrogen-bond acceptors (Lipinski definition) is 7. The van der Waals surface area contributed by atoms with Crippen LogP contribution in [0.3, 0.4) is 0 Å². The van der Waals surface area contributed by atoms with Gasteiger partial charge in [-0.1, -0.05) is 0 Å². The number of anilines is 1. The Balaban J connectivity index is 2.05. The molecule has 0 saturated carbocycles. The third-order valence-electron chi connectivity index (χ3n) is 3.22. The molecule has 1 fully saturated rings. The lowest BCUT2D eigenvalue weighted by atomic mass is 10.1. The van der Waals surface area contributed by atoms with Crippen molar-refractivity contribution in [3.63, 3.8) is 0 Å². The zero-order valence-corrected chi connectivity index (χ0v) is 10.7. The minimum Gasteiger partial charge on any atom is -0.394 e. The summed E-state index contributed by atoms with van der Waals surface area (Å²) in [6.45, 7) is -0.240. The Morgan fingerprint density at radius 3 is 3.11 bits per heavy atom. The number of thiophene rings is 1. The van der Waals surface area contributed by atoms with Crippen LogP contribution in [0.25, 0.3) is 10.2 Å². The molecule has 2 aromatic rings. The van der Waals surface area contributed by atoms with Crippen LogP contribution in [0.15, 0.2) is 10.2 Å². The van der Waals surface area contributed by atoms with Gasteiger partial charge in [0.2, 0.25) is 5.95 Å². The molecule has 8 heteroatoms. The van der Waals surface area contributed by atoms with Crippen LogP contribution in [0, 0.1) is 0 Å². The van der Waals surface area contributed by atoms with E-state index in [0.717, 1.165) is 5.56 Å². The zero-order chi connectivity index (χ0) is 13.6. The molecule has 3 heterocycles. The van der Waals surface area contributed by atoms with Crippen molar-refractivity contribution in [3.8, 4) is 0 Å². The molecule has 19 heavy (non-hydrogen) atoms. The first-order valence-corrected chi connectivity index (χ1v) is 6.69. The van der Waals surface area contributed by atoms with Crippen molar-refractivity contribution in [2.75, 3.05) is 12.3 Å². The van der Waals surface area contributed by atoms with Crippen molar-refractivity contribution in [1.82, 2.24) is 9.97 Å². The highest BCUT2D eigenvalue weighted by Crippen LogP contribution is 2.37. The van der Waals surface area contributed by atoms with E-state index in [9.17, 15) is 9.90 Å². The maximum absolute atomic E-state index is 11.7. The quantitative estimate of drug-likeness (QED) is 0.603. The Bertz CT molecular complexity index is 667. The van der Waals surface area contributed by atoms with Crippen LogP contribution in [0.1, 0.15) is 18.1 Å². The van der Waals surface area contributed by atoms with Gasteiger partial charge >= 0.3 is 0 Å². The fourth-order valence-corrected chi connectivity index (χ4v) is 3.23. The van der Waals surface area contributed by atoms with Crippen LogP contribution in [0.5, 0.6) is 0 Å². The van der Waals surface area contributed by atoms with Crippen molar-refractivity contribution in [1.29, 1.82) is 0 Å². The first-order valence-electron chi connectivity index (χ1n) is 5.81. The summed E-state index contributed by atoms with van der Waals surface area (Å²) in [5, 5.41) is 20.6. The van der Waals surface area contributed by atoms with Crippen LogP contribution in [-0.2, 0) is 4.74 Å². The van der Waals surface area contributed by atoms with Crippen molar-refractivity contribution in [2.24, 2.45) is 0 Å². The van der Waals surface area contributed by atoms with Crippen molar-refractivity contribution in [3.05, 3.63) is 21.3 Å². The first kappa shape index (κ1) is 12.5. The summed E-state index contributed by atoms with van der Waals surface area (Å²) in [7, 11) is 0. The topological polar surface area (TPSA) is 121 Å². The second-order valence-electron chi connectivity index (χ2n) is 4.47. The molecule has 0 spiro atoms. The minimum absolute atomic E-state index is 0.0504. The van der Waals surface area contributed by atoms with Gasteiger partial charge < -0.3 is 20.7 Å². The number of nitrogens with two attached hydrogens (primary N) is 1. The highest BCUT2D eigenvalue weighted by Gasteiger charge is 2.35. The van der Waals surface area contributed by atoms with Gasteiger partial charge in [-0.15, -0.1) is 11.3 Å². The number of nitrogens with zero attached hydrogens (tertiary/aromatic N) is 1. The number of fused-ring (bicyclic) bond motifs is 1. The number of ether oxygens (including phenoxy) is 1. The second kappa shape index (κ2) is 4.57. The molecule has 0 aliphatic carbocycles. The highest BCUT2D eigenvalue weighted by molar-refractivity contribution is 7.17. The first-order chi connectivity index (χ1) is 9.10. The van der Waals surface area contributed by atoms with Crippen molar-refractivity contribution < 1.29 is 14.9 Å². The van der Waals surface area contributed by atoms with Crippen LogP contribution < -0.4 is 11.3 Å². The minimum atomic E-state index is -0.718. The molecule has 0 unspecified atom stereocenters.